The number of nitrogens with two attached hydrogens (primary N) is 3. The molecule has 804 valence electrons. The number of esters is 4. The number of aromatic nitrogens is 3. The lowest BCUT2D eigenvalue weighted by atomic mass is 9.98. The molecule has 1 aliphatic rings. The predicted molar refractivity (Wildman–Crippen MR) is 558 cm³/mol. The zero-order chi connectivity index (χ0) is 99.2. The van der Waals surface area contributed by atoms with Gasteiger partial charge < -0.3 is 127 Å². The Morgan fingerprint density at radius 1 is 0.449 bits per heavy atom. The van der Waals surface area contributed by atoms with Crippen LogP contribution in [0.15, 0.2) is 0 Å². The summed E-state index contributed by atoms with van der Waals surface area (Å²) in [6.07, 6.45) is -2.99. The van der Waals surface area contributed by atoms with Crippen molar-refractivity contribution >= 4 is 252 Å². The van der Waals surface area contributed by atoms with E-state index >= 15 is 0 Å². The summed E-state index contributed by atoms with van der Waals surface area (Å²) in [7, 11) is 4.91. The summed E-state index contributed by atoms with van der Waals surface area (Å²) in [5, 5.41) is 60.4. The second-order valence-corrected chi connectivity index (χ2v) is 34.3. The molecular formula is C79H158Cl3N15O30S9. The van der Waals surface area contributed by atoms with Gasteiger partial charge in [0.15, 0.2) is 0 Å². The van der Waals surface area contributed by atoms with Gasteiger partial charge in [-0.2, -0.15) is 142 Å². The van der Waals surface area contributed by atoms with E-state index in [9.17, 15) is 76.7 Å². The van der Waals surface area contributed by atoms with Crippen LogP contribution in [0.25, 0.3) is 4.85 Å². The SMILES string of the molecule is C.C.COC(=O)CC[C@H](NC(=O)OC(C)(C)C)C(=O)OC.COC(=O)[C@H](C[C@H](C)C(=O)OC)NC(=O)OC(C)(C)C.C[C@@H](C[C@H](NC(=O)OC(C)(C)C)C(=O)O)C(=O)O.C[C@@H](C[C@H](NC(=O)OC(C)(C)C)C(N)=O)C(N)=O.C[C@@H]1CNC[C@@H](NC(=O)OC(C)(C)C)C1.Clc1nc(Cl)nc(Cl)n1.N[C@@H](CCC(=O)O)C(=O)O.S.S.S.S.S.S.S.S.S.[C-]#[N+][C@@H](C)C[C@@H](C#N)NC(=O)OC(C)(C)C. The summed E-state index contributed by atoms with van der Waals surface area (Å²) in [6.45, 7) is 48.1. The molecule has 45 nitrogen and oxygen atoms in total. The van der Waals surface area contributed by atoms with Gasteiger partial charge in [0, 0.05) is 38.3 Å². The lowest BCUT2D eigenvalue weighted by molar-refractivity contribution is -0.148. The van der Waals surface area contributed by atoms with Crippen LogP contribution in [-0.2, 0) is 95.3 Å². The van der Waals surface area contributed by atoms with Crippen LogP contribution < -0.4 is 54.4 Å². The molecule has 1 saturated heterocycles. The van der Waals surface area contributed by atoms with Crippen LogP contribution in [0.2, 0.25) is 15.9 Å². The summed E-state index contributed by atoms with van der Waals surface area (Å²) < 4.78 is 48.4. The Kier molecular flexibility index (Phi) is 105. The van der Waals surface area contributed by atoms with Crippen molar-refractivity contribution in [3.05, 3.63) is 27.3 Å². The first-order valence-electron chi connectivity index (χ1n) is 38.4. The van der Waals surface area contributed by atoms with Crippen LogP contribution >= 0.6 is 156 Å². The van der Waals surface area contributed by atoms with Gasteiger partial charge >= 0.3 is 84.3 Å². The molecule has 12 atom stereocenters. The van der Waals surface area contributed by atoms with E-state index in [4.69, 9.17) is 113 Å². The quantitative estimate of drug-likeness (QED) is 0.0211. The second-order valence-electron chi connectivity index (χ2n) is 33.3. The number of piperidine rings is 1. The molecule has 136 heavy (non-hydrogen) atoms. The third-order valence-electron chi connectivity index (χ3n) is 14.0. The van der Waals surface area contributed by atoms with E-state index in [-0.39, 0.29) is 215 Å². The van der Waals surface area contributed by atoms with Crippen molar-refractivity contribution < 1.29 is 145 Å². The first-order chi connectivity index (χ1) is 56.7. The van der Waals surface area contributed by atoms with E-state index in [0.717, 1.165) is 19.5 Å². The topological polar surface area (TPSA) is 675 Å². The van der Waals surface area contributed by atoms with Gasteiger partial charge in [-0.3, -0.25) is 33.6 Å². The minimum atomic E-state index is -1.30. The molecule has 0 aromatic carbocycles. The molecule has 2 heterocycles. The van der Waals surface area contributed by atoms with Gasteiger partial charge in [-0.05, 0) is 210 Å². The molecular weight excluding hydrogens is 2030 g/mol. The zero-order valence-electron chi connectivity index (χ0n) is 80.7. The number of carboxylic acids is 4. The number of halogens is 3. The highest BCUT2D eigenvalue weighted by molar-refractivity contribution is 7.60. The Morgan fingerprint density at radius 3 is 1.07 bits per heavy atom. The molecule has 0 spiro atoms. The number of hydrogen-bond acceptors (Lipinski definition) is 32. The number of nitriles is 1. The third kappa shape index (κ3) is 104. The van der Waals surface area contributed by atoms with Crippen LogP contribution in [0, 0.1) is 41.6 Å². The summed E-state index contributed by atoms with van der Waals surface area (Å²) in [5.41, 5.74) is 11.4. The number of nitrogens with one attached hydrogen (secondary N) is 7. The lowest BCUT2D eigenvalue weighted by Crippen LogP contribution is -2.49. The van der Waals surface area contributed by atoms with Crippen LogP contribution in [0.1, 0.15) is 232 Å². The van der Waals surface area contributed by atoms with Gasteiger partial charge in [0.25, 0.3) is 0 Å². The molecule has 0 radical (unpaired) electrons. The van der Waals surface area contributed by atoms with Gasteiger partial charge in [0.2, 0.25) is 33.7 Å². The Labute approximate surface area is 877 Å². The Bertz CT molecular complexity index is 3610. The van der Waals surface area contributed by atoms with Gasteiger partial charge in [-0.1, -0.05) is 42.5 Å². The Balaban J connectivity index is -0.0000000791. The monoisotopic (exact) mass is 2190 g/mol. The number of amides is 8. The number of hydrogen-bond donors (Lipinski definition) is 14. The van der Waals surface area contributed by atoms with E-state index in [1.807, 2.05) is 26.8 Å². The molecule has 1 aromatic heterocycles. The molecule has 17 N–H and O–H groups in total. The maximum atomic E-state index is 11.7. The largest absolute Gasteiger partial charge is 0.481 e. The molecule has 0 unspecified atom stereocenters. The van der Waals surface area contributed by atoms with Crippen molar-refractivity contribution in [2.24, 2.45) is 40.9 Å². The Morgan fingerprint density at radius 2 is 0.772 bits per heavy atom. The molecule has 1 fully saturated rings. The van der Waals surface area contributed by atoms with Crippen LogP contribution in [0.5, 0.6) is 0 Å². The minimum absolute atomic E-state index is 0. The predicted octanol–water partition coefficient (Wildman–Crippen LogP) is 10.2. The maximum Gasteiger partial charge on any atom is 0.408 e. The van der Waals surface area contributed by atoms with Gasteiger partial charge in [0.05, 0.1) is 52.8 Å². The smallest absolute Gasteiger partial charge is 0.408 e. The highest BCUT2D eigenvalue weighted by Crippen LogP contribution is 2.18. The van der Waals surface area contributed by atoms with Gasteiger partial charge in [-0.15, -0.1) is 0 Å². The van der Waals surface area contributed by atoms with E-state index in [1.54, 1.807) is 125 Å². The van der Waals surface area contributed by atoms with Crippen LogP contribution in [0.4, 0.5) is 28.8 Å². The number of methoxy groups -OCH3 is 4. The number of alkyl carbamates (subject to hydrolysis) is 6. The van der Waals surface area contributed by atoms with E-state index in [0.29, 0.717) is 12.3 Å². The van der Waals surface area contributed by atoms with Gasteiger partial charge in [0.1, 0.15) is 69.9 Å². The molecule has 8 amide bonds. The van der Waals surface area contributed by atoms with Crippen molar-refractivity contribution in [2.45, 2.75) is 314 Å². The lowest BCUT2D eigenvalue weighted by Gasteiger charge is -2.29. The van der Waals surface area contributed by atoms with E-state index in [1.165, 1.54) is 35.4 Å². The normalized spacial score (nSPS) is 13.8. The molecule has 2 rings (SSSR count). The fraction of sp³-hybridized carbons (Fsp3) is 0.734. The molecule has 0 saturated carbocycles. The van der Waals surface area contributed by atoms with E-state index in [2.05, 4.69) is 82.9 Å². The average molecular weight is 2190 g/mol. The number of rotatable bonds is 28. The van der Waals surface area contributed by atoms with Crippen molar-refractivity contribution in [3.8, 4) is 6.07 Å². The fourth-order valence-electron chi connectivity index (χ4n) is 8.39. The zero-order valence-corrected chi connectivity index (χ0v) is 92.0. The molecule has 0 bridgehead atoms. The van der Waals surface area contributed by atoms with Crippen molar-refractivity contribution in [1.29, 1.82) is 5.26 Å². The molecule has 1 aromatic rings. The van der Waals surface area contributed by atoms with Crippen LogP contribution in [0.3, 0.4) is 0 Å². The number of primary amides is 2. The van der Waals surface area contributed by atoms with Gasteiger partial charge in [-0.25, -0.2) is 49.7 Å². The first kappa shape index (κ1) is 168. The Hall–Kier alpha value is -7.75. The van der Waals surface area contributed by atoms with Crippen molar-refractivity contribution in [2.75, 3.05) is 41.5 Å². The highest BCUT2D eigenvalue weighted by Gasteiger charge is 2.33. The van der Waals surface area contributed by atoms with Crippen molar-refractivity contribution in [3.63, 3.8) is 0 Å². The maximum absolute atomic E-state index is 11.7. The fourth-order valence-corrected chi connectivity index (χ4v) is 9.00. The number of carboxylic acid groups (broad SMARTS) is 4. The summed E-state index contributed by atoms with van der Waals surface area (Å²) >= 11 is 16.0. The molecule has 1 aliphatic heterocycles. The van der Waals surface area contributed by atoms with Crippen molar-refractivity contribution in [1.82, 2.24) is 52.2 Å². The van der Waals surface area contributed by atoms with Crippen LogP contribution in [-0.4, -0.2) is 255 Å². The standard InChI is InChI=1S/C13H23NO6.C12H21NO6.C11H21N3O4.C11H17N3O2.C11H22N2O2.C11H19NO6.C5H9NO4.C3Cl3N3.2CH4.9H2S/c1-8(10(15)18-5)7-9(11(16)19-6)14-12(17)20-13(2,3)4;1-12(2,3)19-11(16)13-8(10(15)18-5)6-7-9(14)17-4;1-6(8(12)15)5-7(9(13)16)14-10(17)18-11(2,3)4;1-8(13-5)6-9(7-12)14-10(15)16-11(2,3)4;1-8-5-9(7-12-6-8)13-10(14)15-11(2,3)4;1-6(8(13)14)5-7(9(15)16)12-10(17)18-11(2,3)4;6-3(5(9)10)1-2-4(7)8;4-1-7-2(5)9-3(6)8-1;;;;;;;;;;;/h8-9H,7H2,1-6H3,(H,14,17);8H,6-7H2,1-5H3,(H,13,16);6-7H,5H2,1-4H3,(H2,12,15)(H2,13,16)(H,14,17);8-9H,6H2,1-4H3,(H,14,15);8-9,12H,5-7H2,1-4H3,(H,13,14);6-7H,5H2,1-4H3,(H,12,17)(H,13,14)(H,15,16);3H,1-2,6H2,(H,7,8)(H,9,10);;2*1H4;9*1H2/t8-,9-;8-;6-,7-;2*8-,9-;6-,7-;3-;;;;;;;;;;;;/m0000000............/s1. The highest BCUT2D eigenvalue weighted by atomic mass is 35.5. The number of aliphatic carboxylic acids is 4. The average Bonchev–Trinajstić information content (AvgIpc) is 0.884. The minimum Gasteiger partial charge on any atom is -0.481 e. The second kappa shape index (κ2) is 85.2. The summed E-state index contributed by atoms with van der Waals surface area (Å²) in [5.74, 6) is -9.54. The summed E-state index contributed by atoms with van der Waals surface area (Å²) in [4.78, 5) is 191. The number of carbonyl (C=O) groups excluding carboxylic acids is 12. The van der Waals surface area contributed by atoms with E-state index < -0.39 is 178 Å². The molecule has 57 heteroatoms. The third-order valence-corrected chi connectivity index (χ3v) is 14.5. The number of ether oxygens (including phenoxy) is 10. The number of nitrogens with zero attached hydrogens (tertiary/aromatic N) is 5. The number of carbonyl (C=O) groups is 16. The first-order valence-corrected chi connectivity index (χ1v) is 39.6. The molecule has 0 aliphatic carbocycles. The summed E-state index contributed by atoms with van der Waals surface area (Å²) in [6, 6.07) is -4.09.